The molecule has 2 bridgehead atoms. The minimum absolute atomic E-state index is 0.270. The molecule has 3 aliphatic carbocycles. The van der Waals surface area contributed by atoms with Crippen molar-refractivity contribution in [3.05, 3.63) is 105 Å². The first-order valence-corrected chi connectivity index (χ1v) is 11.4. The molecule has 8 rings (SSSR count). The Balaban J connectivity index is 1.52. The van der Waals surface area contributed by atoms with Gasteiger partial charge in [-0.3, -0.25) is 19.7 Å². The van der Waals surface area contributed by atoms with Crippen LogP contribution in [0.5, 0.6) is 0 Å². The zero-order valence-corrected chi connectivity index (χ0v) is 17.9. The molecule has 1 fully saturated rings. The van der Waals surface area contributed by atoms with Crippen LogP contribution in [0.2, 0.25) is 0 Å². The molecule has 3 aromatic carbocycles. The summed E-state index contributed by atoms with van der Waals surface area (Å²) in [4.78, 5) is 46.0. The van der Waals surface area contributed by atoms with Gasteiger partial charge in [0.2, 0.25) is 11.8 Å². The maximum Gasteiger partial charge on any atom is 0.285 e. The molecule has 8 heteroatoms. The normalized spacial score (nSPS) is 26.9. The number of hydrogen-bond acceptors (Lipinski definition) is 6. The summed E-state index contributed by atoms with van der Waals surface area (Å²) in [5.74, 6) is -3.35. The highest BCUT2D eigenvalue weighted by atomic mass is 32.1. The van der Waals surface area contributed by atoms with E-state index in [-0.39, 0.29) is 10.1 Å². The molecule has 1 saturated heterocycles. The molecule has 160 valence electrons. The summed E-state index contributed by atoms with van der Waals surface area (Å²) in [5.41, 5.74) is 1.39. The lowest BCUT2D eigenvalue weighted by Crippen LogP contribution is -2.57. The number of carbonyl (C=O) groups excluding carboxylic acids is 2. The van der Waals surface area contributed by atoms with E-state index in [1.54, 1.807) is 24.3 Å². The Morgan fingerprint density at radius 1 is 0.879 bits per heavy atom. The van der Waals surface area contributed by atoms with Gasteiger partial charge in [0.15, 0.2) is 5.13 Å². The molecule has 0 spiro atoms. The molecule has 7 nitrogen and oxygen atoms in total. The smallest absolute Gasteiger partial charge is 0.274 e. The summed E-state index contributed by atoms with van der Waals surface area (Å²) < 4.78 is 0.849. The monoisotopic (exact) mass is 453 g/mol. The number of nitrogens with zero attached hydrogens (tertiary/aromatic N) is 3. The van der Waals surface area contributed by atoms with E-state index in [9.17, 15) is 19.7 Å². The van der Waals surface area contributed by atoms with Crippen LogP contribution >= 0.6 is 11.3 Å². The van der Waals surface area contributed by atoms with Gasteiger partial charge in [-0.05, 0) is 23.3 Å². The number of amides is 2. The third kappa shape index (κ3) is 2.03. The number of rotatable bonds is 2. The Morgan fingerprint density at radius 2 is 1.48 bits per heavy atom. The molecule has 2 heterocycles. The number of para-hydroxylation sites is 1. The second-order valence-corrected chi connectivity index (χ2v) is 9.66. The van der Waals surface area contributed by atoms with Crippen LogP contribution in [0.25, 0.3) is 10.2 Å². The molecule has 1 aromatic heterocycles. The number of nitro groups is 1. The van der Waals surface area contributed by atoms with Crippen LogP contribution in [-0.2, 0) is 15.1 Å². The van der Waals surface area contributed by atoms with Crippen molar-refractivity contribution in [2.24, 2.45) is 11.8 Å². The highest BCUT2D eigenvalue weighted by Crippen LogP contribution is 2.64. The van der Waals surface area contributed by atoms with Crippen LogP contribution in [0.4, 0.5) is 5.13 Å². The van der Waals surface area contributed by atoms with Crippen molar-refractivity contribution in [3.63, 3.8) is 0 Å². The Bertz CT molecular complexity index is 1460. The van der Waals surface area contributed by atoms with Gasteiger partial charge in [-0.15, -0.1) is 0 Å². The Morgan fingerprint density at radius 3 is 2.12 bits per heavy atom. The van der Waals surface area contributed by atoms with E-state index in [0.29, 0.717) is 16.6 Å². The first-order valence-electron chi connectivity index (χ1n) is 10.6. The van der Waals surface area contributed by atoms with Crippen LogP contribution < -0.4 is 4.90 Å². The molecule has 0 N–H and O–H groups in total. The number of benzene rings is 3. The molecule has 4 aliphatic rings. The van der Waals surface area contributed by atoms with E-state index in [2.05, 4.69) is 4.98 Å². The number of aromatic nitrogens is 1. The van der Waals surface area contributed by atoms with Crippen molar-refractivity contribution >= 4 is 38.5 Å². The summed E-state index contributed by atoms with van der Waals surface area (Å²) >= 11 is 1.25. The van der Waals surface area contributed by atoms with E-state index in [1.165, 1.54) is 11.3 Å². The standard InChI is InChI=1S/C25H15N3O4S/c29-22-20-19-13-7-1-3-9-15(13)25(28(31)32,16-10-4-2-8-14(16)19)21(20)23(30)27(22)24-26-17-11-5-6-12-18(17)33-24/h1-12,19-21H/t19?,20-,21+,25?/m1/s1. The molecule has 0 saturated carbocycles. The van der Waals surface area contributed by atoms with Crippen molar-refractivity contribution in [2.75, 3.05) is 4.90 Å². The van der Waals surface area contributed by atoms with Crippen molar-refractivity contribution < 1.29 is 14.5 Å². The summed E-state index contributed by atoms with van der Waals surface area (Å²) in [6.45, 7) is 0. The number of fused-ring (bicyclic) bond motifs is 1. The minimum atomic E-state index is -1.81. The highest BCUT2D eigenvalue weighted by Gasteiger charge is 2.75. The molecule has 33 heavy (non-hydrogen) atoms. The molecular weight excluding hydrogens is 438 g/mol. The maximum atomic E-state index is 13.9. The van der Waals surface area contributed by atoms with Gasteiger partial charge in [0.1, 0.15) is 5.92 Å². The minimum Gasteiger partial charge on any atom is -0.274 e. The zero-order chi connectivity index (χ0) is 22.5. The number of anilines is 1. The largest absolute Gasteiger partial charge is 0.285 e. The fourth-order valence-corrected chi connectivity index (χ4v) is 7.16. The second kappa shape index (κ2) is 6.11. The predicted octanol–water partition coefficient (Wildman–Crippen LogP) is 4.08. The number of hydrogen-bond donors (Lipinski definition) is 0. The van der Waals surface area contributed by atoms with Gasteiger partial charge in [-0.25, -0.2) is 9.88 Å². The van der Waals surface area contributed by atoms with Crippen LogP contribution in [-0.4, -0.2) is 21.7 Å². The van der Waals surface area contributed by atoms with Crippen LogP contribution in [0.15, 0.2) is 72.8 Å². The number of imide groups is 1. The quantitative estimate of drug-likeness (QED) is 0.259. The lowest BCUT2D eigenvalue weighted by molar-refractivity contribution is -0.578. The third-order valence-corrected chi connectivity index (χ3v) is 8.36. The van der Waals surface area contributed by atoms with E-state index < -0.39 is 35.1 Å². The van der Waals surface area contributed by atoms with Gasteiger partial charge < -0.3 is 0 Å². The maximum absolute atomic E-state index is 13.9. The SMILES string of the molecule is O=C1[C@@H]2C3c4ccccc4C([N+](=O)[O-])(c4ccccc43)[C@@H]2C(=O)N1c1nc2ccccc2s1. The summed E-state index contributed by atoms with van der Waals surface area (Å²) in [6.07, 6.45) is 0. The van der Waals surface area contributed by atoms with Gasteiger partial charge in [0, 0.05) is 22.0 Å². The van der Waals surface area contributed by atoms with E-state index in [1.807, 2.05) is 48.5 Å². The number of carbonyl (C=O) groups is 2. The van der Waals surface area contributed by atoms with E-state index in [0.717, 1.165) is 20.7 Å². The van der Waals surface area contributed by atoms with Crippen LogP contribution in [0.1, 0.15) is 28.2 Å². The molecule has 4 aromatic rings. The van der Waals surface area contributed by atoms with E-state index >= 15 is 0 Å². The topological polar surface area (TPSA) is 93.4 Å². The van der Waals surface area contributed by atoms with E-state index in [4.69, 9.17) is 0 Å². The average Bonchev–Trinajstić information content (AvgIpc) is 3.37. The van der Waals surface area contributed by atoms with Crippen molar-refractivity contribution in [1.82, 2.24) is 4.98 Å². The van der Waals surface area contributed by atoms with Crippen molar-refractivity contribution in [3.8, 4) is 0 Å². The molecule has 1 aliphatic heterocycles. The fourth-order valence-electron chi connectivity index (χ4n) is 6.19. The highest BCUT2D eigenvalue weighted by molar-refractivity contribution is 7.22. The van der Waals surface area contributed by atoms with Gasteiger partial charge in [0.25, 0.3) is 5.54 Å². The van der Waals surface area contributed by atoms with Crippen molar-refractivity contribution in [2.45, 2.75) is 11.5 Å². The zero-order valence-electron chi connectivity index (χ0n) is 17.0. The molecule has 0 unspecified atom stereocenters. The summed E-state index contributed by atoms with van der Waals surface area (Å²) in [6, 6.07) is 21.7. The second-order valence-electron chi connectivity index (χ2n) is 8.66. The van der Waals surface area contributed by atoms with Gasteiger partial charge in [-0.1, -0.05) is 72.0 Å². The first kappa shape index (κ1) is 18.6. The summed E-state index contributed by atoms with van der Waals surface area (Å²) in [7, 11) is 0. The number of thiazole rings is 1. The molecule has 2 atom stereocenters. The van der Waals surface area contributed by atoms with Crippen molar-refractivity contribution in [1.29, 1.82) is 0 Å². The molecule has 2 amide bonds. The van der Waals surface area contributed by atoms with Crippen LogP contribution in [0, 0.1) is 22.0 Å². The first-order chi connectivity index (χ1) is 16.0. The van der Waals surface area contributed by atoms with Crippen LogP contribution in [0.3, 0.4) is 0 Å². The summed E-state index contributed by atoms with van der Waals surface area (Å²) in [5, 5.41) is 13.2. The van der Waals surface area contributed by atoms with Gasteiger partial charge >= 0.3 is 0 Å². The van der Waals surface area contributed by atoms with Gasteiger partial charge in [-0.2, -0.15) is 0 Å². The third-order valence-electron chi connectivity index (χ3n) is 7.34. The lowest BCUT2D eigenvalue weighted by atomic mass is 9.51. The average molecular weight is 453 g/mol. The predicted molar refractivity (Wildman–Crippen MR) is 122 cm³/mol. The van der Waals surface area contributed by atoms with Gasteiger partial charge in [0.05, 0.1) is 16.1 Å². The Kier molecular flexibility index (Phi) is 3.45. The fraction of sp³-hybridized carbons (Fsp3) is 0.160. The lowest BCUT2D eigenvalue weighted by Gasteiger charge is -2.48. The Hall–Kier alpha value is -3.91. The Labute approximate surface area is 191 Å². The molecular formula is C25H15N3O4S. The molecule has 0 radical (unpaired) electrons.